The first-order valence-electron chi connectivity index (χ1n) is 6.24. The summed E-state index contributed by atoms with van der Waals surface area (Å²) in [5.74, 6) is 0.396. The van der Waals surface area contributed by atoms with Gasteiger partial charge >= 0.3 is 0 Å². The Bertz CT molecular complexity index is 671. The Labute approximate surface area is 127 Å². The van der Waals surface area contributed by atoms with E-state index in [1.54, 1.807) is 18.2 Å². The predicted octanol–water partition coefficient (Wildman–Crippen LogP) is 3.92. The van der Waals surface area contributed by atoms with Crippen LogP contribution in [0.4, 0.5) is 4.39 Å². The van der Waals surface area contributed by atoms with E-state index in [1.807, 2.05) is 0 Å². The number of carbonyl (C=O) groups excluding carboxylic acids is 1. The molecule has 0 bridgehead atoms. The molecule has 0 aromatic heterocycles. The molecule has 0 unspecified atom stereocenters. The molecule has 0 saturated heterocycles. The first-order valence-corrected chi connectivity index (χ1v) is 6.62. The maximum absolute atomic E-state index is 13.1. The molecular formula is C16H14ClFO3. The van der Waals surface area contributed by atoms with Crippen LogP contribution in [0.25, 0.3) is 0 Å². The second-order valence-corrected chi connectivity index (χ2v) is 4.82. The average molecular weight is 309 g/mol. The molecule has 5 heteroatoms. The lowest BCUT2D eigenvalue weighted by Gasteiger charge is -2.10. The molecule has 2 aromatic rings. The van der Waals surface area contributed by atoms with Crippen LogP contribution in [-0.4, -0.2) is 20.0 Å². The zero-order valence-electron chi connectivity index (χ0n) is 11.7. The number of Topliss-reactive ketones (excluding diaryl/α,β-unsaturated/α-hetero) is 1. The van der Waals surface area contributed by atoms with Crippen molar-refractivity contribution < 1.29 is 18.7 Å². The van der Waals surface area contributed by atoms with E-state index < -0.39 is 5.82 Å². The second kappa shape index (κ2) is 6.59. The summed E-state index contributed by atoms with van der Waals surface area (Å²) in [6, 6.07) is 9.21. The van der Waals surface area contributed by atoms with Crippen molar-refractivity contribution in [3.63, 3.8) is 0 Å². The van der Waals surface area contributed by atoms with Gasteiger partial charge in [-0.05, 0) is 29.8 Å². The van der Waals surface area contributed by atoms with E-state index in [-0.39, 0.29) is 17.2 Å². The SMILES string of the molecule is COc1ccc(C(=O)Cc2ccc(F)c(Cl)c2)c(OC)c1. The highest BCUT2D eigenvalue weighted by Crippen LogP contribution is 2.26. The number of carbonyl (C=O) groups is 1. The molecule has 0 aliphatic carbocycles. The Morgan fingerprint density at radius 1 is 1.14 bits per heavy atom. The minimum Gasteiger partial charge on any atom is -0.497 e. The lowest BCUT2D eigenvalue weighted by Crippen LogP contribution is -2.06. The number of ether oxygens (including phenoxy) is 2. The molecule has 0 atom stereocenters. The van der Waals surface area contributed by atoms with Crippen LogP contribution in [0.5, 0.6) is 11.5 Å². The largest absolute Gasteiger partial charge is 0.497 e. The third-order valence-electron chi connectivity index (χ3n) is 3.06. The van der Waals surface area contributed by atoms with Gasteiger partial charge < -0.3 is 9.47 Å². The Morgan fingerprint density at radius 2 is 1.90 bits per heavy atom. The number of hydrogen-bond acceptors (Lipinski definition) is 3. The predicted molar refractivity (Wildman–Crippen MR) is 79.0 cm³/mol. The first kappa shape index (κ1) is 15.3. The smallest absolute Gasteiger partial charge is 0.170 e. The van der Waals surface area contributed by atoms with E-state index in [0.29, 0.717) is 22.6 Å². The highest BCUT2D eigenvalue weighted by molar-refractivity contribution is 6.30. The minimum absolute atomic E-state index is 0.00185. The number of rotatable bonds is 5. The highest BCUT2D eigenvalue weighted by atomic mass is 35.5. The van der Waals surface area contributed by atoms with E-state index in [9.17, 15) is 9.18 Å². The van der Waals surface area contributed by atoms with Gasteiger partial charge in [0.1, 0.15) is 17.3 Å². The summed E-state index contributed by atoms with van der Waals surface area (Å²) in [5.41, 5.74) is 1.09. The Kier molecular flexibility index (Phi) is 4.81. The highest BCUT2D eigenvalue weighted by Gasteiger charge is 2.14. The average Bonchev–Trinajstić information content (AvgIpc) is 2.50. The third-order valence-corrected chi connectivity index (χ3v) is 3.35. The summed E-state index contributed by atoms with van der Waals surface area (Å²) >= 11 is 5.71. The number of ketones is 1. The van der Waals surface area contributed by atoms with Gasteiger partial charge in [0.05, 0.1) is 24.8 Å². The first-order chi connectivity index (χ1) is 10.0. The van der Waals surface area contributed by atoms with Crippen molar-refractivity contribution in [3.05, 3.63) is 58.4 Å². The van der Waals surface area contributed by atoms with Crippen LogP contribution in [0.15, 0.2) is 36.4 Å². The topological polar surface area (TPSA) is 35.5 Å². The third kappa shape index (κ3) is 3.52. The van der Waals surface area contributed by atoms with Crippen LogP contribution < -0.4 is 9.47 Å². The fraction of sp³-hybridized carbons (Fsp3) is 0.188. The van der Waals surface area contributed by atoms with Crippen LogP contribution in [0.1, 0.15) is 15.9 Å². The van der Waals surface area contributed by atoms with Gasteiger partial charge in [-0.25, -0.2) is 4.39 Å². The van der Waals surface area contributed by atoms with E-state index in [4.69, 9.17) is 21.1 Å². The molecule has 2 rings (SSSR count). The van der Waals surface area contributed by atoms with Gasteiger partial charge in [0.2, 0.25) is 0 Å². The number of hydrogen-bond donors (Lipinski definition) is 0. The van der Waals surface area contributed by atoms with Crippen LogP contribution in [0.2, 0.25) is 5.02 Å². The van der Waals surface area contributed by atoms with Gasteiger partial charge in [0.15, 0.2) is 5.78 Å². The molecule has 0 amide bonds. The summed E-state index contributed by atoms with van der Waals surface area (Å²) in [5, 5.41) is 0.00185. The summed E-state index contributed by atoms with van der Waals surface area (Å²) in [6.07, 6.45) is 0.114. The van der Waals surface area contributed by atoms with Crippen molar-refractivity contribution in [1.82, 2.24) is 0 Å². The van der Waals surface area contributed by atoms with Crippen molar-refractivity contribution in [1.29, 1.82) is 0 Å². The minimum atomic E-state index is -0.505. The molecule has 0 fully saturated rings. The van der Waals surface area contributed by atoms with Crippen LogP contribution in [0, 0.1) is 5.82 Å². The molecule has 21 heavy (non-hydrogen) atoms. The van der Waals surface area contributed by atoms with E-state index in [0.717, 1.165) is 0 Å². The maximum Gasteiger partial charge on any atom is 0.170 e. The monoisotopic (exact) mass is 308 g/mol. The molecule has 2 aromatic carbocycles. The van der Waals surface area contributed by atoms with Crippen molar-refractivity contribution in [2.24, 2.45) is 0 Å². The number of halogens is 2. The van der Waals surface area contributed by atoms with Crippen LogP contribution >= 0.6 is 11.6 Å². The fourth-order valence-electron chi connectivity index (χ4n) is 1.96. The van der Waals surface area contributed by atoms with E-state index in [1.165, 1.54) is 32.4 Å². The molecule has 0 aliphatic heterocycles. The molecular weight excluding hydrogens is 295 g/mol. The number of benzene rings is 2. The van der Waals surface area contributed by atoms with Gasteiger partial charge in [0.25, 0.3) is 0 Å². The van der Waals surface area contributed by atoms with E-state index >= 15 is 0 Å². The van der Waals surface area contributed by atoms with Gasteiger partial charge in [-0.15, -0.1) is 0 Å². The Morgan fingerprint density at radius 3 is 2.52 bits per heavy atom. The molecule has 110 valence electrons. The normalized spacial score (nSPS) is 10.3. The maximum atomic E-state index is 13.1. The lowest BCUT2D eigenvalue weighted by atomic mass is 10.0. The molecule has 0 heterocycles. The van der Waals surface area contributed by atoms with Crippen molar-refractivity contribution in [2.75, 3.05) is 14.2 Å². The summed E-state index contributed by atoms with van der Waals surface area (Å²) in [6.45, 7) is 0. The molecule has 0 spiro atoms. The lowest BCUT2D eigenvalue weighted by molar-refractivity contribution is 0.0990. The molecule has 0 radical (unpaired) electrons. The summed E-state index contributed by atoms with van der Waals surface area (Å²) in [4.78, 5) is 12.3. The zero-order valence-corrected chi connectivity index (χ0v) is 12.4. The van der Waals surface area contributed by atoms with Gasteiger partial charge in [-0.3, -0.25) is 4.79 Å². The summed E-state index contributed by atoms with van der Waals surface area (Å²) < 4.78 is 23.4. The van der Waals surface area contributed by atoms with Crippen LogP contribution in [-0.2, 0) is 6.42 Å². The van der Waals surface area contributed by atoms with Gasteiger partial charge in [0, 0.05) is 12.5 Å². The zero-order chi connectivity index (χ0) is 15.4. The fourth-order valence-corrected chi connectivity index (χ4v) is 2.16. The quantitative estimate of drug-likeness (QED) is 0.785. The Hall–Kier alpha value is -2.07. The van der Waals surface area contributed by atoms with Crippen molar-refractivity contribution in [2.45, 2.75) is 6.42 Å². The van der Waals surface area contributed by atoms with Gasteiger partial charge in [-0.2, -0.15) is 0 Å². The molecule has 0 N–H and O–H groups in total. The Balaban J connectivity index is 2.25. The second-order valence-electron chi connectivity index (χ2n) is 4.41. The summed E-state index contributed by atoms with van der Waals surface area (Å²) in [7, 11) is 3.02. The molecule has 0 aliphatic rings. The van der Waals surface area contributed by atoms with Crippen LogP contribution in [0.3, 0.4) is 0 Å². The number of methoxy groups -OCH3 is 2. The molecule has 0 saturated carbocycles. The van der Waals surface area contributed by atoms with Crippen molar-refractivity contribution in [3.8, 4) is 11.5 Å². The molecule has 3 nitrogen and oxygen atoms in total. The van der Waals surface area contributed by atoms with E-state index in [2.05, 4.69) is 0 Å². The standard InChI is InChI=1S/C16H14ClFO3/c1-20-11-4-5-12(16(9-11)21-2)15(19)8-10-3-6-14(18)13(17)7-10/h3-7,9H,8H2,1-2H3. The van der Waals surface area contributed by atoms with Gasteiger partial charge in [-0.1, -0.05) is 17.7 Å². The van der Waals surface area contributed by atoms with Crippen molar-refractivity contribution >= 4 is 17.4 Å².